The standard InChI is InChI=1S/C12H23NOSi/c1-15(2,3)12-8-7-10-13(12)9-5-4-6-11-14/h12,14H,5,7-11H2,1-3H3. The summed E-state index contributed by atoms with van der Waals surface area (Å²) in [5.74, 6) is 5.72. The van der Waals surface area contributed by atoms with Gasteiger partial charge in [0.15, 0.2) is 0 Å². The third-order valence-corrected chi connectivity index (χ3v) is 5.74. The maximum atomic E-state index is 8.56. The number of aliphatic hydroxyl groups excluding tert-OH is 1. The summed E-state index contributed by atoms with van der Waals surface area (Å²) in [6, 6.07) is 0. The van der Waals surface area contributed by atoms with Gasteiger partial charge in [-0.3, -0.25) is 0 Å². The lowest BCUT2D eigenvalue weighted by atomic mass is 10.4. The van der Waals surface area contributed by atoms with Crippen LogP contribution in [0.15, 0.2) is 0 Å². The van der Waals surface area contributed by atoms with Crippen molar-refractivity contribution in [1.29, 1.82) is 0 Å². The Balaban J connectivity index is 2.40. The molecule has 1 N–H and O–H groups in total. The molecule has 3 heteroatoms. The molecule has 0 amide bonds. The summed E-state index contributed by atoms with van der Waals surface area (Å²) in [4.78, 5) is 2.61. The summed E-state index contributed by atoms with van der Waals surface area (Å²) in [6.07, 6.45) is 3.63. The fourth-order valence-corrected chi connectivity index (χ4v) is 4.84. The molecule has 1 saturated heterocycles. The van der Waals surface area contributed by atoms with Crippen molar-refractivity contribution >= 4 is 8.07 Å². The second-order valence-corrected chi connectivity index (χ2v) is 10.7. The van der Waals surface area contributed by atoms with E-state index in [2.05, 4.69) is 36.4 Å². The van der Waals surface area contributed by atoms with Crippen molar-refractivity contribution in [3.05, 3.63) is 0 Å². The molecule has 0 bridgehead atoms. The zero-order chi connectivity index (χ0) is 11.3. The molecule has 1 unspecified atom stereocenters. The molecule has 0 aliphatic carbocycles. The maximum Gasteiger partial charge on any atom is 0.104 e. The Hall–Kier alpha value is -0.303. The van der Waals surface area contributed by atoms with Crippen molar-refractivity contribution in [2.24, 2.45) is 0 Å². The Morgan fingerprint density at radius 3 is 2.67 bits per heavy atom. The Bertz CT molecular complexity index is 249. The van der Waals surface area contributed by atoms with E-state index in [9.17, 15) is 0 Å². The third-order valence-electron chi connectivity index (χ3n) is 3.09. The van der Waals surface area contributed by atoms with Crippen molar-refractivity contribution in [3.63, 3.8) is 0 Å². The van der Waals surface area contributed by atoms with Gasteiger partial charge in [0.1, 0.15) is 6.61 Å². The van der Waals surface area contributed by atoms with E-state index in [0.717, 1.165) is 18.6 Å². The Kier molecular flexibility index (Phi) is 4.84. The van der Waals surface area contributed by atoms with E-state index >= 15 is 0 Å². The molecule has 1 aliphatic heterocycles. The van der Waals surface area contributed by atoms with Gasteiger partial charge in [0.05, 0.1) is 8.07 Å². The van der Waals surface area contributed by atoms with Crippen LogP contribution in [0.3, 0.4) is 0 Å². The minimum atomic E-state index is -1.03. The lowest BCUT2D eigenvalue weighted by molar-refractivity contribution is 0.311. The van der Waals surface area contributed by atoms with Crippen LogP contribution in [-0.2, 0) is 0 Å². The van der Waals surface area contributed by atoms with Crippen LogP contribution in [0.2, 0.25) is 19.6 Å². The molecule has 1 aliphatic rings. The molecular formula is C12H23NOSi. The summed E-state index contributed by atoms with van der Waals surface area (Å²) in [7, 11) is -1.03. The van der Waals surface area contributed by atoms with Gasteiger partial charge in [0.25, 0.3) is 0 Å². The van der Waals surface area contributed by atoms with Crippen molar-refractivity contribution in [3.8, 4) is 11.8 Å². The molecule has 2 nitrogen and oxygen atoms in total. The van der Waals surface area contributed by atoms with Gasteiger partial charge in [-0.25, -0.2) is 0 Å². The second kappa shape index (κ2) is 5.69. The van der Waals surface area contributed by atoms with Crippen LogP contribution < -0.4 is 0 Å². The molecule has 0 aromatic rings. The highest BCUT2D eigenvalue weighted by molar-refractivity contribution is 6.77. The molecule has 15 heavy (non-hydrogen) atoms. The number of hydrogen-bond donors (Lipinski definition) is 1. The first-order valence-electron chi connectivity index (χ1n) is 5.86. The third kappa shape index (κ3) is 3.98. The molecule has 1 atom stereocenters. The maximum absolute atomic E-state index is 8.56. The summed E-state index contributed by atoms with van der Waals surface area (Å²) >= 11 is 0. The van der Waals surface area contributed by atoms with E-state index < -0.39 is 8.07 Å². The van der Waals surface area contributed by atoms with Gasteiger partial charge in [-0.2, -0.15) is 0 Å². The highest BCUT2D eigenvalue weighted by atomic mass is 28.3. The normalized spacial score (nSPS) is 22.5. The Morgan fingerprint density at radius 2 is 2.07 bits per heavy atom. The monoisotopic (exact) mass is 225 g/mol. The topological polar surface area (TPSA) is 23.5 Å². The van der Waals surface area contributed by atoms with Crippen LogP contribution in [0.25, 0.3) is 0 Å². The summed E-state index contributed by atoms with van der Waals surface area (Å²) < 4.78 is 0. The molecule has 1 fully saturated rings. The van der Waals surface area contributed by atoms with Crippen molar-refractivity contribution in [2.45, 2.75) is 44.6 Å². The molecule has 0 radical (unpaired) electrons. The highest BCUT2D eigenvalue weighted by Gasteiger charge is 2.34. The smallest absolute Gasteiger partial charge is 0.104 e. The van der Waals surface area contributed by atoms with Crippen molar-refractivity contribution < 1.29 is 5.11 Å². The number of aliphatic hydroxyl groups is 1. The summed E-state index contributed by atoms with van der Waals surface area (Å²) in [5.41, 5.74) is 0.841. The number of likely N-dealkylation sites (tertiary alicyclic amines) is 1. The van der Waals surface area contributed by atoms with Crippen LogP contribution in [0.1, 0.15) is 19.3 Å². The molecule has 1 rings (SSSR count). The lowest BCUT2D eigenvalue weighted by Gasteiger charge is -2.33. The van der Waals surface area contributed by atoms with E-state index in [0.29, 0.717) is 0 Å². The SMILES string of the molecule is C[Si](C)(C)C1CCCN1CCC#CCO. The molecular weight excluding hydrogens is 202 g/mol. The van der Waals surface area contributed by atoms with Gasteiger partial charge in [-0.05, 0) is 19.4 Å². The first kappa shape index (κ1) is 12.8. The Morgan fingerprint density at radius 1 is 1.33 bits per heavy atom. The van der Waals surface area contributed by atoms with Gasteiger partial charge in [-0.1, -0.05) is 31.5 Å². The fraction of sp³-hybridized carbons (Fsp3) is 0.833. The van der Waals surface area contributed by atoms with E-state index in [4.69, 9.17) is 5.11 Å². The average molecular weight is 225 g/mol. The van der Waals surface area contributed by atoms with Gasteiger partial charge in [0.2, 0.25) is 0 Å². The second-order valence-electron chi connectivity index (χ2n) is 5.32. The van der Waals surface area contributed by atoms with Crippen LogP contribution >= 0.6 is 0 Å². The van der Waals surface area contributed by atoms with E-state index in [1.807, 2.05) is 0 Å². The molecule has 0 aromatic heterocycles. The van der Waals surface area contributed by atoms with Gasteiger partial charge >= 0.3 is 0 Å². The molecule has 86 valence electrons. The number of hydrogen-bond acceptors (Lipinski definition) is 2. The van der Waals surface area contributed by atoms with Crippen molar-refractivity contribution in [1.82, 2.24) is 4.90 Å². The predicted octanol–water partition coefficient (Wildman–Crippen LogP) is 1.71. The lowest BCUT2D eigenvalue weighted by Crippen LogP contribution is -2.47. The zero-order valence-corrected chi connectivity index (χ0v) is 11.2. The predicted molar refractivity (Wildman–Crippen MR) is 67.4 cm³/mol. The minimum absolute atomic E-state index is 0.00253. The summed E-state index contributed by atoms with van der Waals surface area (Å²) in [5, 5.41) is 8.56. The average Bonchev–Trinajstić information content (AvgIpc) is 2.59. The van der Waals surface area contributed by atoms with Crippen LogP contribution in [0, 0.1) is 11.8 Å². The molecule has 1 heterocycles. The van der Waals surface area contributed by atoms with E-state index in [1.54, 1.807) is 0 Å². The van der Waals surface area contributed by atoms with Gasteiger partial charge < -0.3 is 10.0 Å². The summed E-state index contributed by atoms with van der Waals surface area (Å²) in [6.45, 7) is 9.69. The number of rotatable bonds is 3. The van der Waals surface area contributed by atoms with Crippen LogP contribution in [0.4, 0.5) is 0 Å². The molecule has 0 saturated carbocycles. The minimum Gasteiger partial charge on any atom is -0.384 e. The highest BCUT2D eigenvalue weighted by Crippen LogP contribution is 2.25. The number of nitrogens with zero attached hydrogens (tertiary/aromatic N) is 1. The fourth-order valence-electron chi connectivity index (χ4n) is 2.42. The van der Waals surface area contributed by atoms with Gasteiger partial charge in [-0.15, -0.1) is 0 Å². The van der Waals surface area contributed by atoms with Crippen molar-refractivity contribution in [2.75, 3.05) is 19.7 Å². The largest absolute Gasteiger partial charge is 0.384 e. The van der Waals surface area contributed by atoms with E-state index in [1.165, 1.54) is 19.4 Å². The first-order chi connectivity index (χ1) is 7.05. The quantitative estimate of drug-likeness (QED) is 0.584. The van der Waals surface area contributed by atoms with E-state index in [-0.39, 0.29) is 6.61 Å². The van der Waals surface area contributed by atoms with Gasteiger partial charge in [0, 0.05) is 18.6 Å². The Labute approximate surface area is 94.7 Å². The molecule has 0 spiro atoms. The van der Waals surface area contributed by atoms with Crippen LogP contribution in [0.5, 0.6) is 0 Å². The first-order valence-corrected chi connectivity index (χ1v) is 9.44. The molecule has 0 aromatic carbocycles. The zero-order valence-electron chi connectivity index (χ0n) is 10.2. The van der Waals surface area contributed by atoms with Crippen LogP contribution in [-0.4, -0.2) is 43.4 Å².